The first-order valence-electron chi connectivity index (χ1n) is 10.3. The number of hydrogen-bond acceptors (Lipinski definition) is 8. The van der Waals surface area contributed by atoms with Crippen LogP contribution in [0.25, 0.3) is 11.7 Å². The van der Waals surface area contributed by atoms with Crippen molar-refractivity contribution in [3.8, 4) is 6.01 Å². The van der Waals surface area contributed by atoms with E-state index in [1.54, 1.807) is 42.9 Å². The number of carbonyl (C=O) groups excluding carboxylic acids is 1. The Balaban J connectivity index is 1.51. The van der Waals surface area contributed by atoms with E-state index in [2.05, 4.69) is 31.0 Å². The van der Waals surface area contributed by atoms with Gasteiger partial charge in [0.25, 0.3) is 11.5 Å². The zero-order valence-corrected chi connectivity index (χ0v) is 17.6. The third-order valence-electron chi connectivity index (χ3n) is 5.44. The molecule has 0 aromatic carbocycles. The minimum Gasteiger partial charge on any atom is -0.431 e. The van der Waals surface area contributed by atoms with Crippen LogP contribution in [0, 0.1) is 6.92 Å². The van der Waals surface area contributed by atoms with Crippen LogP contribution in [-0.4, -0.2) is 43.1 Å². The van der Waals surface area contributed by atoms with Crippen molar-refractivity contribution >= 4 is 28.9 Å². The molecular weight excluding hydrogens is 412 g/mol. The molecule has 1 fully saturated rings. The van der Waals surface area contributed by atoms with Crippen LogP contribution in [0.4, 0.5) is 17.3 Å². The van der Waals surface area contributed by atoms with Gasteiger partial charge in [0, 0.05) is 25.4 Å². The van der Waals surface area contributed by atoms with Crippen molar-refractivity contribution in [2.45, 2.75) is 32.2 Å². The van der Waals surface area contributed by atoms with Crippen LogP contribution in [-0.2, 0) is 0 Å². The Morgan fingerprint density at radius 3 is 2.81 bits per heavy atom. The van der Waals surface area contributed by atoms with Crippen molar-refractivity contribution in [2.75, 3.05) is 17.7 Å². The zero-order valence-electron chi connectivity index (χ0n) is 17.6. The van der Waals surface area contributed by atoms with Gasteiger partial charge in [-0.3, -0.25) is 9.59 Å². The summed E-state index contributed by atoms with van der Waals surface area (Å²) in [5.41, 5.74) is 1.36. The summed E-state index contributed by atoms with van der Waals surface area (Å²) in [5, 5.41) is 13.4. The Bertz CT molecular complexity index is 1370. The molecule has 3 N–H and O–H groups in total. The summed E-state index contributed by atoms with van der Waals surface area (Å²) in [7, 11) is 1.74. The normalized spacial score (nSPS) is 13.7. The van der Waals surface area contributed by atoms with Crippen molar-refractivity contribution in [1.29, 1.82) is 0 Å². The summed E-state index contributed by atoms with van der Waals surface area (Å²) >= 11 is 0. The van der Waals surface area contributed by atoms with Crippen molar-refractivity contribution < 1.29 is 9.21 Å². The molecule has 4 heterocycles. The molecular formula is C21H22N8O3. The maximum absolute atomic E-state index is 13.0. The number of aromatic nitrogens is 5. The van der Waals surface area contributed by atoms with Crippen LogP contribution < -0.4 is 21.5 Å². The van der Waals surface area contributed by atoms with Gasteiger partial charge in [-0.1, -0.05) is 0 Å². The van der Waals surface area contributed by atoms with Gasteiger partial charge in [0.15, 0.2) is 5.65 Å². The maximum Gasteiger partial charge on any atom is 0.308 e. The van der Waals surface area contributed by atoms with Crippen molar-refractivity contribution in [3.63, 3.8) is 0 Å². The molecule has 0 bridgehead atoms. The molecule has 11 heteroatoms. The highest BCUT2D eigenvalue weighted by atomic mass is 16.4. The molecule has 5 rings (SSSR count). The summed E-state index contributed by atoms with van der Waals surface area (Å²) in [6, 6.07) is 5.43. The van der Waals surface area contributed by atoms with E-state index in [9.17, 15) is 9.59 Å². The molecule has 32 heavy (non-hydrogen) atoms. The molecule has 4 aromatic rings. The molecule has 0 unspecified atom stereocenters. The Morgan fingerprint density at radius 1 is 1.28 bits per heavy atom. The fraction of sp³-hybridized carbons (Fsp3) is 0.286. The zero-order chi connectivity index (χ0) is 22.2. The van der Waals surface area contributed by atoms with E-state index in [-0.39, 0.29) is 29.2 Å². The fourth-order valence-electron chi connectivity index (χ4n) is 3.51. The van der Waals surface area contributed by atoms with E-state index in [4.69, 9.17) is 4.42 Å². The van der Waals surface area contributed by atoms with Crippen LogP contribution in [0.5, 0.6) is 0 Å². The molecule has 1 aliphatic carbocycles. The number of oxazole rings is 1. The molecule has 0 spiro atoms. The predicted octanol–water partition coefficient (Wildman–Crippen LogP) is 2.24. The average Bonchev–Trinajstić information content (AvgIpc) is 3.38. The fourth-order valence-corrected chi connectivity index (χ4v) is 3.51. The molecule has 164 valence electrons. The number of fused-ring (bicyclic) bond motifs is 1. The van der Waals surface area contributed by atoms with Crippen LogP contribution in [0.3, 0.4) is 0 Å². The molecule has 1 saturated carbocycles. The number of carbonyl (C=O) groups is 1. The van der Waals surface area contributed by atoms with Crippen LogP contribution >= 0.6 is 0 Å². The lowest BCUT2D eigenvalue weighted by Crippen LogP contribution is -2.39. The second kappa shape index (κ2) is 7.84. The predicted molar refractivity (Wildman–Crippen MR) is 118 cm³/mol. The molecule has 0 radical (unpaired) electrons. The van der Waals surface area contributed by atoms with E-state index in [0.717, 1.165) is 19.3 Å². The summed E-state index contributed by atoms with van der Waals surface area (Å²) in [5.74, 6) is 0.788. The lowest BCUT2D eigenvalue weighted by atomic mass is 9.93. The second-order valence-electron chi connectivity index (χ2n) is 7.67. The average molecular weight is 434 g/mol. The Kier molecular flexibility index (Phi) is 4.85. The molecule has 0 aliphatic heterocycles. The van der Waals surface area contributed by atoms with Crippen molar-refractivity contribution in [1.82, 2.24) is 29.5 Å². The van der Waals surface area contributed by atoms with Crippen LogP contribution in [0.1, 0.15) is 35.3 Å². The van der Waals surface area contributed by atoms with Crippen molar-refractivity contribution in [2.24, 2.45) is 0 Å². The number of pyridine rings is 1. The van der Waals surface area contributed by atoms with Gasteiger partial charge >= 0.3 is 6.01 Å². The highest BCUT2D eigenvalue weighted by Crippen LogP contribution is 2.23. The van der Waals surface area contributed by atoms with E-state index in [1.807, 2.05) is 0 Å². The van der Waals surface area contributed by atoms with Gasteiger partial charge in [0.2, 0.25) is 0 Å². The van der Waals surface area contributed by atoms with Crippen LogP contribution in [0.2, 0.25) is 0 Å². The first kappa shape index (κ1) is 19.8. The highest BCUT2D eigenvalue weighted by Gasteiger charge is 2.23. The number of rotatable bonds is 6. The van der Waals surface area contributed by atoms with Gasteiger partial charge in [-0.05, 0) is 38.3 Å². The maximum atomic E-state index is 13.0. The first-order valence-corrected chi connectivity index (χ1v) is 10.3. The lowest BCUT2D eigenvalue weighted by molar-refractivity contribution is 0.0918. The van der Waals surface area contributed by atoms with E-state index >= 15 is 0 Å². The van der Waals surface area contributed by atoms with E-state index in [1.165, 1.54) is 17.0 Å². The smallest absolute Gasteiger partial charge is 0.308 e. The Hall–Kier alpha value is -4.15. The highest BCUT2D eigenvalue weighted by molar-refractivity contribution is 6.00. The quantitative estimate of drug-likeness (QED) is 0.421. The molecule has 11 nitrogen and oxygen atoms in total. The minimum atomic E-state index is -0.349. The van der Waals surface area contributed by atoms with Gasteiger partial charge in [-0.2, -0.15) is 14.6 Å². The van der Waals surface area contributed by atoms with Crippen LogP contribution in [0.15, 0.2) is 46.1 Å². The number of aryl methyl sites for hydroxylation is 1. The molecule has 1 aliphatic rings. The number of nitrogens with zero attached hydrogens (tertiary/aromatic N) is 5. The topological polar surface area (TPSA) is 131 Å². The van der Waals surface area contributed by atoms with Gasteiger partial charge in [0.1, 0.15) is 29.1 Å². The second-order valence-corrected chi connectivity index (χ2v) is 7.67. The summed E-state index contributed by atoms with van der Waals surface area (Å²) in [6.07, 6.45) is 7.65. The van der Waals surface area contributed by atoms with Gasteiger partial charge in [0.05, 0.1) is 11.9 Å². The summed E-state index contributed by atoms with van der Waals surface area (Å²) in [4.78, 5) is 34.5. The summed E-state index contributed by atoms with van der Waals surface area (Å²) in [6.45, 7) is 1.78. The summed E-state index contributed by atoms with van der Waals surface area (Å²) < 4.78 is 8.21. The first-order chi connectivity index (χ1) is 15.5. The van der Waals surface area contributed by atoms with E-state index in [0.29, 0.717) is 28.5 Å². The molecule has 0 atom stereocenters. The molecule has 1 amide bonds. The van der Waals surface area contributed by atoms with Gasteiger partial charge in [-0.25, -0.2) is 9.55 Å². The lowest BCUT2D eigenvalue weighted by Gasteiger charge is -2.26. The number of amides is 1. The minimum absolute atomic E-state index is 0.182. The van der Waals surface area contributed by atoms with Crippen molar-refractivity contribution in [3.05, 3.63) is 58.5 Å². The molecule has 0 saturated heterocycles. The Morgan fingerprint density at radius 2 is 2.12 bits per heavy atom. The third-order valence-corrected chi connectivity index (χ3v) is 5.44. The van der Waals surface area contributed by atoms with E-state index < -0.39 is 0 Å². The third kappa shape index (κ3) is 3.47. The largest absolute Gasteiger partial charge is 0.431 e. The number of hydrogen-bond donors (Lipinski definition) is 3. The Labute approximate surface area is 182 Å². The molecule has 4 aromatic heterocycles. The SMILES string of the molecule is CNc1cc(Nc2cccn(-c3nc(C)co3)c2=O)nc2c(C(=O)NC3CCC3)cnn12. The number of anilines is 3. The monoisotopic (exact) mass is 434 g/mol. The van der Waals surface area contributed by atoms with Gasteiger partial charge in [-0.15, -0.1) is 0 Å². The standard InChI is InChI=1S/C21H22N8O3/c1-12-11-32-21(24-12)28-8-4-7-15(20(28)31)26-16-9-17(22-2)29-18(27-16)14(10-23-29)19(30)25-13-5-3-6-13/h4,7-11,13,22H,3,5-6H2,1-2H3,(H,25,30)(H,26,27). The number of nitrogens with one attached hydrogen (secondary N) is 3. The van der Waals surface area contributed by atoms with Gasteiger partial charge < -0.3 is 20.4 Å².